The summed E-state index contributed by atoms with van der Waals surface area (Å²) in [7, 11) is 0. The Hall–Kier alpha value is -2.38. The van der Waals surface area contributed by atoms with Crippen molar-refractivity contribution in [3.05, 3.63) is 98.5 Å². The van der Waals surface area contributed by atoms with Crippen molar-refractivity contribution in [3.8, 4) is 0 Å². The molecule has 1 fully saturated rings. The maximum atomic E-state index is 13.8. The first-order valence-corrected chi connectivity index (χ1v) is 12.8. The molecule has 0 spiro atoms. The minimum atomic E-state index is -1.28. The summed E-state index contributed by atoms with van der Waals surface area (Å²) in [6, 6.07) is 19.8. The highest BCUT2D eigenvalue weighted by atomic mass is 79.9. The molecule has 9 heteroatoms. The van der Waals surface area contributed by atoms with E-state index in [1.54, 1.807) is 18.2 Å². The second-order valence-electron chi connectivity index (χ2n) is 8.91. The molecule has 2 atom stereocenters. The molecule has 5 nitrogen and oxygen atoms in total. The number of hydrogen-bond donors (Lipinski definition) is 1. The molecule has 4 aliphatic rings. The van der Waals surface area contributed by atoms with Crippen LogP contribution >= 0.6 is 50.7 Å². The average Bonchev–Trinajstić information content (AvgIpc) is 3.10. The van der Waals surface area contributed by atoms with Gasteiger partial charge in [0.1, 0.15) is 16.3 Å². The SMILES string of the molecule is O=C(CN1C(=O)[C@H]2[C@H](C1=O)C1(Cl)c3ccccc3C2(Cl)c2ccccc21)Nc1ccc(Br)cc1Cl. The number of rotatable bonds is 3. The third-order valence-corrected chi connectivity index (χ3v) is 9.27. The Morgan fingerprint density at radius 2 is 1.31 bits per heavy atom. The molecule has 1 N–H and O–H groups in total. The summed E-state index contributed by atoms with van der Waals surface area (Å²) < 4.78 is 0.754. The topological polar surface area (TPSA) is 66.5 Å². The van der Waals surface area contributed by atoms with Gasteiger partial charge in [-0.25, -0.2) is 0 Å². The summed E-state index contributed by atoms with van der Waals surface area (Å²) in [6.07, 6.45) is 0. The molecule has 3 amide bonds. The number of alkyl halides is 2. The molecule has 7 rings (SSSR count). The number of benzene rings is 3. The summed E-state index contributed by atoms with van der Waals surface area (Å²) in [4.78, 5) is 38.8. The maximum absolute atomic E-state index is 13.8. The number of anilines is 1. The molecule has 35 heavy (non-hydrogen) atoms. The van der Waals surface area contributed by atoms with Crippen molar-refractivity contribution in [2.75, 3.05) is 11.9 Å². The second-order valence-corrected chi connectivity index (χ2v) is 11.4. The summed E-state index contributed by atoms with van der Waals surface area (Å²) in [6.45, 7) is -0.469. The van der Waals surface area contributed by atoms with Gasteiger partial charge in [0.25, 0.3) is 0 Å². The molecule has 0 radical (unpaired) electrons. The van der Waals surface area contributed by atoms with Gasteiger partial charge in [0.2, 0.25) is 17.7 Å². The molecular weight excluding hydrogens is 575 g/mol. The zero-order valence-corrected chi connectivity index (χ0v) is 21.8. The van der Waals surface area contributed by atoms with Crippen LogP contribution < -0.4 is 5.32 Å². The fourth-order valence-corrected chi connectivity index (χ4v) is 7.62. The molecule has 0 unspecified atom stereocenters. The van der Waals surface area contributed by atoms with Gasteiger partial charge in [-0.05, 0) is 40.5 Å². The normalized spacial score (nSPS) is 27.9. The minimum absolute atomic E-state index is 0.323. The summed E-state index contributed by atoms with van der Waals surface area (Å²) >= 11 is 24.3. The van der Waals surface area contributed by atoms with Gasteiger partial charge in [0.05, 0.1) is 22.5 Å². The van der Waals surface area contributed by atoms with Crippen LogP contribution in [0.1, 0.15) is 22.3 Å². The van der Waals surface area contributed by atoms with Crippen LogP contribution in [0.2, 0.25) is 5.02 Å². The van der Waals surface area contributed by atoms with Gasteiger partial charge in [-0.3, -0.25) is 19.3 Å². The lowest BCUT2D eigenvalue weighted by atomic mass is 9.54. The van der Waals surface area contributed by atoms with Gasteiger partial charge in [-0.1, -0.05) is 76.1 Å². The predicted molar refractivity (Wildman–Crippen MR) is 138 cm³/mol. The highest BCUT2D eigenvalue weighted by Gasteiger charge is 2.73. The lowest BCUT2D eigenvalue weighted by molar-refractivity contribution is -0.142. The minimum Gasteiger partial charge on any atom is -0.323 e. The molecule has 1 saturated heterocycles. The van der Waals surface area contributed by atoms with E-state index in [2.05, 4.69) is 21.2 Å². The van der Waals surface area contributed by atoms with E-state index in [1.165, 1.54) is 0 Å². The first kappa shape index (κ1) is 23.0. The molecule has 3 aliphatic carbocycles. The van der Waals surface area contributed by atoms with Crippen LogP contribution in [-0.4, -0.2) is 29.2 Å². The third kappa shape index (κ3) is 2.97. The van der Waals surface area contributed by atoms with Crippen molar-refractivity contribution in [3.63, 3.8) is 0 Å². The first-order valence-electron chi connectivity index (χ1n) is 10.9. The van der Waals surface area contributed by atoms with Gasteiger partial charge in [-0.15, -0.1) is 23.2 Å². The van der Waals surface area contributed by atoms with Crippen molar-refractivity contribution < 1.29 is 14.4 Å². The number of carbonyl (C=O) groups is 3. The Morgan fingerprint density at radius 1 is 0.857 bits per heavy atom. The van der Waals surface area contributed by atoms with E-state index in [0.717, 1.165) is 9.37 Å². The molecular formula is C26H16BrCl3N2O3. The fourth-order valence-electron chi connectivity index (χ4n) is 5.80. The Labute approximate surface area is 224 Å². The predicted octanol–water partition coefficient (Wildman–Crippen LogP) is 5.63. The van der Waals surface area contributed by atoms with Crippen molar-refractivity contribution >= 4 is 74.1 Å². The monoisotopic (exact) mass is 588 g/mol. The number of imide groups is 1. The number of likely N-dealkylation sites (tertiary alicyclic amines) is 1. The van der Waals surface area contributed by atoms with E-state index in [4.69, 9.17) is 34.8 Å². The molecule has 2 bridgehead atoms. The van der Waals surface area contributed by atoms with Gasteiger partial charge < -0.3 is 5.32 Å². The molecule has 0 aromatic heterocycles. The highest BCUT2D eigenvalue weighted by molar-refractivity contribution is 9.10. The fraction of sp³-hybridized carbons (Fsp3) is 0.192. The number of nitrogens with one attached hydrogen (secondary N) is 1. The number of carbonyl (C=O) groups excluding carboxylic acids is 3. The number of hydrogen-bond acceptors (Lipinski definition) is 3. The van der Waals surface area contributed by atoms with Crippen molar-refractivity contribution in [2.24, 2.45) is 11.8 Å². The first-order chi connectivity index (χ1) is 16.7. The quantitative estimate of drug-likeness (QED) is 0.318. The summed E-state index contributed by atoms with van der Waals surface area (Å²) in [5.74, 6) is -3.46. The van der Waals surface area contributed by atoms with Gasteiger partial charge in [-0.2, -0.15) is 0 Å². The highest BCUT2D eigenvalue weighted by Crippen LogP contribution is 2.69. The molecule has 1 heterocycles. The van der Waals surface area contributed by atoms with Crippen molar-refractivity contribution in [2.45, 2.75) is 9.75 Å². The zero-order valence-electron chi connectivity index (χ0n) is 17.9. The van der Waals surface area contributed by atoms with E-state index in [-0.39, 0.29) is 0 Å². The lowest BCUT2D eigenvalue weighted by Gasteiger charge is -2.54. The van der Waals surface area contributed by atoms with E-state index in [0.29, 0.717) is 33.0 Å². The molecule has 0 saturated carbocycles. The molecule has 1 aliphatic heterocycles. The third-order valence-electron chi connectivity index (χ3n) is 7.18. The maximum Gasteiger partial charge on any atom is 0.244 e. The van der Waals surface area contributed by atoms with Crippen LogP contribution in [-0.2, 0) is 24.1 Å². The number of amides is 3. The second kappa shape index (κ2) is 7.81. The van der Waals surface area contributed by atoms with Crippen LogP contribution in [0, 0.1) is 11.8 Å². The largest absolute Gasteiger partial charge is 0.323 e. The summed E-state index contributed by atoms with van der Waals surface area (Å²) in [5, 5.41) is 3.00. The van der Waals surface area contributed by atoms with Crippen molar-refractivity contribution in [1.82, 2.24) is 4.90 Å². The smallest absolute Gasteiger partial charge is 0.244 e. The van der Waals surface area contributed by atoms with E-state index < -0.39 is 45.9 Å². The Morgan fingerprint density at radius 3 is 1.74 bits per heavy atom. The Bertz CT molecular complexity index is 1340. The van der Waals surface area contributed by atoms with Crippen LogP contribution in [0.5, 0.6) is 0 Å². The van der Waals surface area contributed by atoms with Crippen LogP contribution in [0.15, 0.2) is 71.2 Å². The molecule has 3 aromatic carbocycles. The summed E-state index contributed by atoms with van der Waals surface area (Å²) in [5.41, 5.74) is 3.23. The van der Waals surface area contributed by atoms with Crippen molar-refractivity contribution in [1.29, 1.82) is 0 Å². The van der Waals surface area contributed by atoms with Crippen LogP contribution in [0.4, 0.5) is 5.69 Å². The Kier molecular flexibility index (Phi) is 5.14. The standard InChI is InChI=1S/C26H16BrCl3N2O3/c27-13-9-10-19(18(28)11-13)31-20(33)12-32-23(34)21-22(24(32)35)26(30)15-6-2-1-5-14(15)25(21,29)16-7-3-4-8-17(16)26/h1-11,21-22H,12H2,(H,31,33)/t21-,22-,25?,26?/m1/s1. The zero-order chi connectivity index (χ0) is 24.7. The number of halogens is 4. The van der Waals surface area contributed by atoms with Crippen LogP contribution in [0.3, 0.4) is 0 Å². The van der Waals surface area contributed by atoms with Gasteiger partial charge >= 0.3 is 0 Å². The van der Waals surface area contributed by atoms with Gasteiger partial charge in [0.15, 0.2) is 0 Å². The number of nitrogens with zero attached hydrogens (tertiary/aromatic N) is 1. The van der Waals surface area contributed by atoms with E-state index in [9.17, 15) is 14.4 Å². The Balaban J connectivity index is 1.41. The van der Waals surface area contributed by atoms with Crippen LogP contribution in [0.25, 0.3) is 0 Å². The molecule has 3 aromatic rings. The van der Waals surface area contributed by atoms with E-state index >= 15 is 0 Å². The average molecular weight is 591 g/mol. The lowest BCUT2D eigenvalue weighted by Crippen LogP contribution is -2.57. The van der Waals surface area contributed by atoms with Gasteiger partial charge in [0, 0.05) is 4.47 Å². The van der Waals surface area contributed by atoms with E-state index in [1.807, 2.05) is 48.5 Å². The molecule has 176 valence electrons.